The minimum absolute atomic E-state index is 0. The molecular weight excluding hydrogens is 127 g/mol. The normalized spacial score (nSPS) is 30.1. The molecule has 0 aromatic rings. The van der Waals surface area contributed by atoms with Crippen LogP contribution < -0.4 is 0 Å². The number of rotatable bonds is 2. The maximum atomic E-state index is 10.2. The summed E-state index contributed by atoms with van der Waals surface area (Å²) in [4.78, 5) is 10.2. The molecule has 0 amide bonds. The van der Waals surface area contributed by atoms with E-state index in [0.29, 0.717) is 12.8 Å². The van der Waals surface area contributed by atoms with Crippen molar-refractivity contribution in [3.05, 3.63) is 0 Å². The molecule has 0 aromatic carbocycles. The van der Waals surface area contributed by atoms with Crippen LogP contribution in [0.5, 0.6) is 0 Å². The van der Waals surface area contributed by atoms with Gasteiger partial charge >= 0.3 is 5.97 Å². The van der Waals surface area contributed by atoms with E-state index in [1.165, 1.54) is 0 Å². The molecule has 1 radical (unpaired) electrons. The van der Waals surface area contributed by atoms with E-state index in [1.807, 2.05) is 0 Å². The summed E-state index contributed by atoms with van der Waals surface area (Å²) >= 11 is 0. The first kappa shape index (κ1) is 10.0. The van der Waals surface area contributed by atoms with Crippen molar-refractivity contribution in [1.29, 1.82) is 0 Å². The molecule has 0 aromatic heterocycles. The fourth-order valence-electron chi connectivity index (χ4n) is 1.09. The fraction of sp³-hybridized carbons (Fsp3) is 0.833. The van der Waals surface area contributed by atoms with Crippen molar-refractivity contribution in [2.24, 2.45) is 11.8 Å². The second-order valence-corrected chi connectivity index (χ2v) is 2.56. The molecule has 0 atom stereocenters. The van der Waals surface area contributed by atoms with Crippen LogP contribution >= 0.6 is 0 Å². The average molecular weight is 137 g/mol. The zero-order valence-electron chi connectivity index (χ0n) is 6.08. The van der Waals surface area contributed by atoms with Gasteiger partial charge in [0, 0.05) is 25.5 Å². The van der Waals surface area contributed by atoms with Crippen molar-refractivity contribution in [3.8, 4) is 0 Å². The molecule has 0 heterocycles. The Morgan fingerprint density at radius 1 is 1.50 bits per heavy atom. The van der Waals surface area contributed by atoms with Gasteiger partial charge < -0.3 is 10.2 Å². The van der Waals surface area contributed by atoms with Crippen molar-refractivity contribution >= 4 is 24.8 Å². The molecule has 0 bridgehead atoms. The van der Waals surface area contributed by atoms with Gasteiger partial charge in [0.25, 0.3) is 0 Å². The summed E-state index contributed by atoms with van der Waals surface area (Å²) < 4.78 is 0. The third-order valence-corrected chi connectivity index (χ3v) is 1.84. The third kappa shape index (κ3) is 2.01. The maximum Gasteiger partial charge on any atom is 0.306 e. The first-order valence-electron chi connectivity index (χ1n) is 3.07. The van der Waals surface area contributed by atoms with E-state index in [0.717, 1.165) is 0 Å². The summed E-state index contributed by atoms with van der Waals surface area (Å²) in [6.45, 7) is 0.143. The standard InChI is InChI=1S/C6H10O3.Li/c7-3-4-1-5(2-4)6(8)9;/h4-5,7H,1-3H2,(H,8,9);. The van der Waals surface area contributed by atoms with E-state index < -0.39 is 5.97 Å². The third-order valence-electron chi connectivity index (χ3n) is 1.84. The van der Waals surface area contributed by atoms with Gasteiger partial charge in [0.05, 0.1) is 5.92 Å². The molecule has 1 saturated carbocycles. The number of carboxylic acids is 1. The molecule has 1 aliphatic rings. The zero-order valence-corrected chi connectivity index (χ0v) is 6.08. The summed E-state index contributed by atoms with van der Waals surface area (Å²) in [6.07, 6.45) is 1.32. The summed E-state index contributed by atoms with van der Waals surface area (Å²) in [5, 5.41) is 16.9. The Hall–Kier alpha value is 0.0274. The smallest absolute Gasteiger partial charge is 0.306 e. The predicted molar refractivity (Wildman–Crippen MR) is 36.7 cm³/mol. The van der Waals surface area contributed by atoms with Crippen LogP contribution in [-0.2, 0) is 4.79 Å². The Labute approximate surface area is 71.6 Å². The van der Waals surface area contributed by atoms with Crippen LogP contribution in [0, 0.1) is 11.8 Å². The maximum absolute atomic E-state index is 10.2. The number of aliphatic carboxylic acids is 1. The Morgan fingerprint density at radius 3 is 2.30 bits per heavy atom. The van der Waals surface area contributed by atoms with Crippen LogP contribution in [-0.4, -0.2) is 41.6 Å². The Kier molecular flexibility index (Phi) is 4.03. The monoisotopic (exact) mass is 137 g/mol. The molecule has 0 saturated heterocycles. The van der Waals surface area contributed by atoms with Crippen LogP contribution in [0.2, 0.25) is 0 Å². The Bertz CT molecular complexity index is 120. The first-order chi connectivity index (χ1) is 4.24. The van der Waals surface area contributed by atoms with Crippen molar-refractivity contribution < 1.29 is 15.0 Å². The topological polar surface area (TPSA) is 57.5 Å². The first-order valence-corrected chi connectivity index (χ1v) is 3.07. The molecule has 1 aliphatic carbocycles. The van der Waals surface area contributed by atoms with Gasteiger partial charge in [0.15, 0.2) is 0 Å². The van der Waals surface area contributed by atoms with Crippen molar-refractivity contribution in [2.75, 3.05) is 6.61 Å². The zero-order chi connectivity index (χ0) is 6.85. The van der Waals surface area contributed by atoms with E-state index in [9.17, 15) is 4.79 Å². The van der Waals surface area contributed by atoms with Crippen molar-refractivity contribution in [1.82, 2.24) is 0 Å². The average Bonchev–Trinajstić information content (AvgIpc) is 1.61. The number of hydrogen-bond donors (Lipinski definition) is 2. The van der Waals surface area contributed by atoms with Crippen LogP contribution in [0.15, 0.2) is 0 Å². The molecule has 1 fully saturated rings. The summed E-state index contributed by atoms with van der Waals surface area (Å²) in [5.41, 5.74) is 0. The molecule has 10 heavy (non-hydrogen) atoms. The van der Waals surface area contributed by atoms with E-state index in [-0.39, 0.29) is 37.3 Å². The van der Waals surface area contributed by atoms with Gasteiger partial charge in [-0.1, -0.05) is 0 Å². The summed E-state index contributed by atoms with van der Waals surface area (Å²) in [5.74, 6) is -0.645. The van der Waals surface area contributed by atoms with Gasteiger partial charge in [-0.05, 0) is 18.8 Å². The number of carbonyl (C=O) groups is 1. The van der Waals surface area contributed by atoms with Gasteiger partial charge in [-0.15, -0.1) is 0 Å². The number of aliphatic hydroxyl groups is 1. The van der Waals surface area contributed by atoms with E-state index in [2.05, 4.69) is 0 Å². The van der Waals surface area contributed by atoms with Gasteiger partial charge in [0.1, 0.15) is 0 Å². The van der Waals surface area contributed by atoms with Gasteiger partial charge in [-0.3, -0.25) is 4.79 Å². The number of hydrogen-bond acceptors (Lipinski definition) is 2. The van der Waals surface area contributed by atoms with Gasteiger partial charge in [-0.25, -0.2) is 0 Å². The van der Waals surface area contributed by atoms with Crippen LogP contribution in [0.1, 0.15) is 12.8 Å². The molecule has 4 heteroatoms. The molecule has 3 nitrogen and oxygen atoms in total. The number of carboxylic acid groups (broad SMARTS) is 1. The Balaban J connectivity index is 0.000000810. The molecule has 2 N–H and O–H groups in total. The second kappa shape index (κ2) is 4.02. The minimum atomic E-state index is -0.722. The van der Waals surface area contributed by atoms with Crippen LogP contribution in [0.25, 0.3) is 0 Å². The fourth-order valence-corrected chi connectivity index (χ4v) is 1.09. The predicted octanol–water partition coefficient (Wildman–Crippen LogP) is -0.291. The van der Waals surface area contributed by atoms with Gasteiger partial charge in [-0.2, -0.15) is 0 Å². The molecule has 1 rings (SSSR count). The van der Waals surface area contributed by atoms with Crippen molar-refractivity contribution in [2.45, 2.75) is 12.8 Å². The van der Waals surface area contributed by atoms with E-state index >= 15 is 0 Å². The Morgan fingerprint density at radius 2 is 2.00 bits per heavy atom. The molecule has 53 valence electrons. The quantitative estimate of drug-likeness (QED) is 0.514. The van der Waals surface area contributed by atoms with E-state index in [1.54, 1.807) is 0 Å². The molecule has 0 spiro atoms. The van der Waals surface area contributed by atoms with Crippen molar-refractivity contribution in [3.63, 3.8) is 0 Å². The summed E-state index contributed by atoms with van der Waals surface area (Å²) in [7, 11) is 0. The van der Waals surface area contributed by atoms with Gasteiger partial charge in [0.2, 0.25) is 0 Å². The largest absolute Gasteiger partial charge is 0.481 e. The summed E-state index contributed by atoms with van der Waals surface area (Å²) in [6, 6.07) is 0. The van der Waals surface area contributed by atoms with Crippen LogP contribution in [0.3, 0.4) is 0 Å². The van der Waals surface area contributed by atoms with Crippen LogP contribution in [0.4, 0.5) is 0 Å². The molecule has 0 aliphatic heterocycles. The number of aliphatic hydroxyl groups excluding tert-OH is 1. The minimum Gasteiger partial charge on any atom is -0.481 e. The van der Waals surface area contributed by atoms with E-state index in [4.69, 9.17) is 10.2 Å². The molecular formula is C6H10LiO3. The SMILES string of the molecule is O=C(O)C1CC(CO)C1.[Li]. The molecule has 0 unspecified atom stereocenters. The second-order valence-electron chi connectivity index (χ2n) is 2.56.